The molecule has 18 heavy (non-hydrogen) atoms. The zero-order valence-electron chi connectivity index (χ0n) is 10.6. The van der Waals surface area contributed by atoms with Crippen molar-refractivity contribution < 1.29 is 0 Å². The Kier molecular flexibility index (Phi) is 4.40. The van der Waals surface area contributed by atoms with Gasteiger partial charge in [-0.05, 0) is 42.3 Å². The summed E-state index contributed by atoms with van der Waals surface area (Å²) in [5, 5.41) is 5.27. The highest BCUT2D eigenvalue weighted by atomic mass is 79.9. The number of thioether (sulfide) groups is 1. The van der Waals surface area contributed by atoms with Gasteiger partial charge in [0, 0.05) is 24.7 Å². The first-order valence-electron chi connectivity index (χ1n) is 5.75. The topological polar surface area (TPSA) is 43.6 Å². The van der Waals surface area contributed by atoms with Crippen molar-refractivity contribution >= 4 is 27.7 Å². The summed E-state index contributed by atoms with van der Waals surface area (Å²) >= 11 is 5.22. The van der Waals surface area contributed by atoms with Crippen molar-refractivity contribution in [2.24, 2.45) is 0 Å². The van der Waals surface area contributed by atoms with Gasteiger partial charge in [0.15, 0.2) is 5.16 Å². The molecule has 2 heterocycles. The van der Waals surface area contributed by atoms with E-state index in [0.717, 1.165) is 33.2 Å². The van der Waals surface area contributed by atoms with Gasteiger partial charge >= 0.3 is 0 Å². The molecule has 0 aliphatic rings. The molecule has 2 rings (SSSR count). The van der Waals surface area contributed by atoms with Crippen LogP contribution in [0.25, 0.3) is 0 Å². The quantitative estimate of drug-likeness (QED) is 0.638. The molecule has 4 nitrogen and oxygen atoms in total. The van der Waals surface area contributed by atoms with Gasteiger partial charge in [-0.25, -0.2) is 9.97 Å². The number of aromatic nitrogens is 4. The van der Waals surface area contributed by atoms with Gasteiger partial charge in [-0.3, -0.25) is 4.68 Å². The highest BCUT2D eigenvalue weighted by Crippen LogP contribution is 2.27. The molecule has 0 saturated heterocycles. The SMILES string of the molecule is CCn1nc(C)c(Br)c1CSc1ncc(C)cn1. The molecular formula is C12H15BrN4S. The van der Waals surface area contributed by atoms with E-state index in [0.29, 0.717) is 0 Å². The van der Waals surface area contributed by atoms with Gasteiger partial charge in [-0.2, -0.15) is 5.10 Å². The van der Waals surface area contributed by atoms with Crippen LogP contribution >= 0.6 is 27.7 Å². The summed E-state index contributed by atoms with van der Waals surface area (Å²) in [6.45, 7) is 6.96. The van der Waals surface area contributed by atoms with E-state index in [1.165, 1.54) is 5.69 Å². The fraction of sp³-hybridized carbons (Fsp3) is 0.417. The minimum Gasteiger partial charge on any atom is -0.268 e. The van der Waals surface area contributed by atoms with Crippen molar-refractivity contribution in [1.29, 1.82) is 0 Å². The fourth-order valence-electron chi connectivity index (χ4n) is 1.60. The number of hydrogen-bond acceptors (Lipinski definition) is 4. The first kappa shape index (κ1) is 13.5. The summed E-state index contributed by atoms with van der Waals surface area (Å²) in [5.41, 5.74) is 3.29. The lowest BCUT2D eigenvalue weighted by atomic mass is 10.4. The van der Waals surface area contributed by atoms with Crippen LogP contribution in [0.3, 0.4) is 0 Å². The van der Waals surface area contributed by atoms with E-state index in [-0.39, 0.29) is 0 Å². The summed E-state index contributed by atoms with van der Waals surface area (Å²) in [5.74, 6) is 0.818. The van der Waals surface area contributed by atoms with E-state index in [1.54, 1.807) is 11.8 Å². The summed E-state index contributed by atoms with van der Waals surface area (Å²) in [6.07, 6.45) is 3.68. The van der Waals surface area contributed by atoms with E-state index in [4.69, 9.17) is 0 Å². The second kappa shape index (κ2) is 5.84. The van der Waals surface area contributed by atoms with Crippen LogP contribution < -0.4 is 0 Å². The molecule has 0 aliphatic heterocycles. The average molecular weight is 327 g/mol. The van der Waals surface area contributed by atoms with Crippen LogP contribution in [0.5, 0.6) is 0 Å². The Morgan fingerprint density at radius 1 is 1.28 bits per heavy atom. The standard InChI is InChI=1S/C12H15BrN4S/c1-4-17-10(11(13)9(3)16-17)7-18-12-14-5-8(2)6-15-12/h5-6H,4,7H2,1-3H3. The lowest BCUT2D eigenvalue weighted by Crippen LogP contribution is -2.02. The second-order valence-corrected chi connectivity index (χ2v) is 5.73. The Hall–Kier alpha value is -0.880. The Morgan fingerprint density at radius 3 is 2.56 bits per heavy atom. The number of rotatable bonds is 4. The van der Waals surface area contributed by atoms with Gasteiger partial charge in [0.25, 0.3) is 0 Å². The molecule has 0 aromatic carbocycles. The maximum atomic E-state index is 4.47. The van der Waals surface area contributed by atoms with Crippen LogP contribution in [0.4, 0.5) is 0 Å². The van der Waals surface area contributed by atoms with Crippen LogP contribution in [0.2, 0.25) is 0 Å². The summed E-state index contributed by atoms with van der Waals surface area (Å²) in [7, 11) is 0. The van der Waals surface area contributed by atoms with Crippen molar-refractivity contribution in [1.82, 2.24) is 19.7 Å². The third kappa shape index (κ3) is 2.92. The van der Waals surface area contributed by atoms with Gasteiger partial charge in [0.1, 0.15) is 0 Å². The molecule has 2 aromatic rings. The molecule has 0 N–H and O–H groups in total. The van der Waals surface area contributed by atoms with Gasteiger partial charge in [-0.15, -0.1) is 0 Å². The minimum atomic E-state index is 0.800. The van der Waals surface area contributed by atoms with Gasteiger partial charge in [0.05, 0.1) is 15.9 Å². The van der Waals surface area contributed by atoms with Crippen LogP contribution in [0, 0.1) is 13.8 Å². The van der Waals surface area contributed by atoms with E-state index in [9.17, 15) is 0 Å². The molecule has 0 fully saturated rings. The Labute approximate surface area is 119 Å². The molecule has 0 spiro atoms. The van der Waals surface area contributed by atoms with Crippen molar-refractivity contribution in [3.8, 4) is 0 Å². The zero-order chi connectivity index (χ0) is 13.1. The normalized spacial score (nSPS) is 10.9. The van der Waals surface area contributed by atoms with E-state index >= 15 is 0 Å². The van der Waals surface area contributed by atoms with E-state index in [1.807, 2.05) is 30.9 Å². The molecule has 0 saturated carbocycles. The largest absolute Gasteiger partial charge is 0.268 e. The van der Waals surface area contributed by atoms with E-state index in [2.05, 4.69) is 37.9 Å². The highest BCUT2D eigenvalue weighted by molar-refractivity contribution is 9.10. The third-order valence-electron chi connectivity index (χ3n) is 2.55. The number of aryl methyl sites for hydroxylation is 3. The Balaban J connectivity index is 2.12. The smallest absolute Gasteiger partial charge is 0.187 e. The van der Waals surface area contributed by atoms with E-state index < -0.39 is 0 Å². The van der Waals surface area contributed by atoms with Crippen molar-refractivity contribution in [2.45, 2.75) is 38.2 Å². The summed E-state index contributed by atoms with van der Waals surface area (Å²) in [4.78, 5) is 8.58. The fourth-order valence-corrected chi connectivity index (χ4v) is 3.02. The van der Waals surface area contributed by atoms with Crippen molar-refractivity contribution in [3.63, 3.8) is 0 Å². The lowest BCUT2D eigenvalue weighted by Gasteiger charge is -2.04. The van der Waals surface area contributed by atoms with Crippen LogP contribution in [-0.2, 0) is 12.3 Å². The second-order valence-electron chi connectivity index (χ2n) is 3.99. The number of nitrogens with zero attached hydrogens (tertiary/aromatic N) is 4. The third-order valence-corrected chi connectivity index (χ3v) is 4.47. The molecule has 0 bridgehead atoms. The van der Waals surface area contributed by atoms with Gasteiger partial charge < -0.3 is 0 Å². The van der Waals surface area contributed by atoms with Crippen LogP contribution in [-0.4, -0.2) is 19.7 Å². The maximum Gasteiger partial charge on any atom is 0.187 e. The molecule has 0 amide bonds. The molecule has 0 atom stereocenters. The molecule has 6 heteroatoms. The minimum absolute atomic E-state index is 0.800. The molecular weight excluding hydrogens is 312 g/mol. The van der Waals surface area contributed by atoms with Gasteiger partial charge in [0.2, 0.25) is 0 Å². The Bertz CT molecular complexity index is 536. The first-order valence-corrected chi connectivity index (χ1v) is 7.53. The van der Waals surface area contributed by atoms with Gasteiger partial charge in [-0.1, -0.05) is 11.8 Å². The van der Waals surface area contributed by atoms with Crippen molar-refractivity contribution in [3.05, 3.63) is 33.8 Å². The van der Waals surface area contributed by atoms with Crippen LogP contribution in [0.1, 0.15) is 23.9 Å². The predicted molar refractivity (Wildman–Crippen MR) is 76.7 cm³/mol. The number of hydrogen-bond donors (Lipinski definition) is 0. The first-order chi connectivity index (χ1) is 8.61. The monoisotopic (exact) mass is 326 g/mol. The lowest BCUT2D eigenvalue weighted by molar-refractivity contribution is 0.631. The molecule has 0 unspecified atom stereocenters. The Morgan fingerprint density at radius 2 is 1.94 bits per heavy atom. The van der Waals surface area contributed by atoms with Crippen molar-refractivity contribution in [2.75, 3.05) is 0 Å². The number of halogens is 1. The molecule has 0 aliphatic carbocycles. The summed E-state index contributed by atoms with van der Waals surface area (Å²) < 4.78 is 3.10. The maximum absolute atomic E-state index is 4.47. The molecule has 2 aromatic heterocycles. The predicted octanol–water partition coefficient (Wildman–Crippen LogP) is 3.36. The zero-order valence-corrected chi connectivity index (χ0v) is 13.0. The molecule has 0 radical (unpaired) electrons. The highest BCUT2D eigenvalue weighted by Gasteiger charge is 2.12. The summed E-state index contributed by atoms with van der Waals surface area (Å²) in [6, 6.07) is 0. The molecule has 96 valence electrons. The van der Waals surface area contributed by atoms with Crippen LogP contribution in [0.15, 0.2) is 22.0 Å². The average Bonchev–Trinajstić information content (AvgIpc) is 2.65.